The van der Waals surface area contributed by atoms with Crippen LogP contribution >= 0.6 is 0 Å². The molecular formula is C12H16N2O. The summed E-state index contributed by atoms with van der Waals surface area (Å²) in [7, 11) is 0. The Morgan fingerprint density at radius 1 is 1.40 bits per heavy atom. The first-order valence-electron chi connectivity index (χ1n) is 5.22. The molecule has 0 amide bonds. The molecule has 0 saturated heterocycles. The van der Waals surface area contributed by atoms with E-state index in [-0.39, 0.29) is 0 Å². The van der Waals surface area contributed by atoms with E-state index in [9.17, 15) is 5.11 Å². The Balaban J connectivity index is 2.49. The van der Waals surface area contributed by atoms with E-state index in [1.807, 2.05) is 25.3 Å². The maximum Gasteiger partial charge on any atom is 0.128 e. The minimum atomic E-state index is 0.403. The largest absolute Gasteiger partial charge is 0.507 e. The second-order valence-electron chi connectivity index (χ2n) is 3.86. The van der Waals surface area contributed by atoms with Crippen molar-refractivity contribution in [3.63, 3.8) is 0 Å². The lowest BCUT2D eigenvalue weighted by Crippen LogP contribution is -2.00. The summed E-state index contributed by atoms with van der Waals surface area (Å²) in [4.78, 5) is 3.13. The van der Waals surface area contributed by atoms with E-state index in [0.29, 0.717) is 12.3 Å². The molecule has 15 heavy (non-hydrogen) atoms. The number of aromatic nitrogens is 1. The summed E-state index contributed by atoms with van der Waals surface area (Å²) < 4.78 is 0. The second kappa shape index (κ2) is 3.95. The first kappa shape index (κ1) is 10.1. The van der Waals surface area contributed by atoms with Gasteiger partial charge in [0.05, 0.1) is 0 Å². The van der Waals surface area contributed by atoms with E-state index in [0.717, 1.165) is 34.9 Å². The number of hydrogen-bond acceptors (Lipinski definition) is 2. The predicted molar refractivity (Wildman–Crippen MR) is 62.1 cm³/mol. The lowest BCUT2D eigenvalue weighted by atomic mass is 10.0. The normalized spacial score (nSPS) is 11.1. The van der Waals surface area contributed by atoms with Gasteiger partial charge >= 0.3 is 0 Å². The fourth-order valence-corrected chi connectivity index (χ4v) is 1.91. The highest BCUT2D eigenvalue weighted by molar-refractivity contribution is 5.90. The van der Waals surface area contributed by atoms with Crippen molar-refractivity contribution in [3.05, 3.63) is 29.5 Å². The molecule has 0 aliphatic heterocycles. The molecule has 0 unspecified atom stereocenters. The lowest BCUT2D eigenvalue weighted by molar-refractivity contribution is 0.473. The second-order valence-corrected chi connectivity index (χ2v) is 3.86. The van der Waals surface area contributed by atoms with Gasteiger partial charge in [0.2, 0.25) is 0 Å². The van der Waals surface area contributed by atoms with Gasteiger partial charge in [-0.25, -0.2) is 0 Å². The summed E-state index contributed by atoms with van der Waals surface area (Å²) in [6.07, 6.45) is 3.66. The van der Waals surface area contributed by atoms with Gasteiger partial charge in [-0.3, -0.25) is 0 Å². The molecule has 80 valence electrons. The highest BCUT2D eigenvalue weighted by Crippen LogP contribution is 2.31. The van der Waals surface area contributed by atoms with Gasteiger partial charge in [-0.2, -0.15) is 0 Å². The van der Waals surface area contributed by atoms with E-state index >= 15 is 0 Å². The molecule has 2 aromatic rings. The zero-order valence-electron chi connectivity index (χ0n) is 8.88. The number of nitrogens with one attached hydrogen (secondary N) is 1. The molecule has 0 aliphatic rings. The van der Waals surface area contributed by atoms with Gasteiger partial charge in [-0.15, -0.1) is 0 Å². The van der Waals surface area contributed by atoms with E-state index < -0.39 is 0 Å². The summed E-state index contributed by atoms with van der Waals surface area (Å²) in [6, 6.07) is 3.97. The minimum Gasteiger partial charge on any atom is -0.507 e. The molecule has 3 nitrogen and oxygen atoms in total. The van der Waals surface area contributed by atoms with Crippen LogP contribution in [0.2, 0.25) is 0 Å². The Hall–Kier alpha value is -1.48. The van der Waals surface area contributed by atoms with Gasteiger partial charge in [0.1, 0.15) is 5.75 Å². The molecule has 0 fully saturated rings. The Bertz CT molecular complexity index is 474. The van der Waals surface area contributed by atoms with Gasteiger partial charge in [0, 0.05) is 17.1 Å². The first-order valence-corrected chi connectivity index (χ1v) is 5.22. The van der Waals surface area contributed by atoms with Crippen LogP contribution in [0.4, 0.5) is 0 Å². The number of benzene rings is 1. The molecule has 3 heteroatoms. The molecule has 2 rings (SSSR count). The maximum absolute atomic E-state index is 10.1. The highest BCUT2D eigenvalue weighted by Gasteiger charge is 2.09. The fraction of sp³-hybridized carbons (Fsp3) is 0.333. The first-order chi connectivity index (χ1) is 7.24. The molecule has 0 aliphatic carbocycles. The highest BCUT2D eigenvalue weighted by atomic mass is 16.3. The maximum atomic E-state index is 10.1. The van der Waals surface area contributed by atoms with Crippen molar-refractivity contribution in [1.29, 1.82) is 0 Å². The zero-order valence-corrected chi connectivity index (χ0v) is 8.88. The van der Waals surface area contributed by atoms with Gasteiger partial charge in [-0.1, -0.05) is 6.07 Å². The van der Waals surface area contributed by atoms with Crippen LogP contribution in [0.15, 0.2) is 18.3 Å². The number of phenolic OH excluding ortho intramolecular Hbond substituents is 1. The number of nitrogens with two attached hydrogens (primary N) is 1. The number of aromatic amines is 1. The number of hydrogen-bond donors (Lipinski definition) is 3. The number of aryl methyl sites for hydroxylation is 2. The summed E-state index contributed by atoms with van der Waals surface area (Å²) in [5, 5.41) is 11.0. The van der Waals surface area contributed by atoms with Crippen molar-refractivity contribution in [3.8, 4) is 5.75 Å². The summed E-state index contributed by atoms with van der Waals surface area (Å²) in [5.74, 6) is 0.403. The monoisotopic (exact) mass is 204 g/mol. The fourth-order valence-electron chi connectivity index (χ4n) is 1.91. The number of aromatic hydroxyl groups is 1. The van der Waals surface area contributed by atoms with Crippen molar-refractivity contribution >= 4 is 10.9 Å². The Kier molecular flexibility index (Phi) is 2.64. The molecule has 1 aromatic carbocycles. The predicted octanol–water partition coefficient (Wildman–Crippen LogP) is 2.07. The topological polar surface area (TPSA) is 62.0 Å². The molecule has 1 aromatic heterocycles. The van der Waals surface area contributed by atoms with Crippen molar-refractivity contribution in [2.24, 2.45) is 5.73 Å². The van der Waals surface area contributed by atoms with E-state index in [1.165, 1.54) is 0 Å². The van der Waals surface area contributed by atoms with Gasteiger partial charge in [-0.05, 0) is 43.5 Å². The number of phenols is 1. The molecule has 0 atom stereocenters. The van der Waals surface area contributed by atoms with Crippen LogP contribution in [0, 0.1) is 6.92 Å². The summed E-state index contributed by atoms with van der Waals surface area (Å²) >= 11 is 0. The molecule has 0 spiro atoms. The standard InChI is InChI=1S/C12H16N2O/c1-8-7-14-10-5-4-9(3-2-6-13)12(15)11(8)10/h4-5,7,14-15H,2-3,6,13H2,1H3. The van der Waals surface area contributed by atoms with Crippen LogP contribution in [-0.2, 0) is 6.42 Å². The van der Waals surface area contributed by atoms with Crippen LogP contribution < -0.4 is 5.73 Å². The van der Waals surface area contributed by atoms with Crippen LogP contribution in [-0.4, -0.2) is 16.6 Å². The smallest absolute Gasteiger partial charge is 0.128 e. The molecule has 0 saturated carbocycles. The number of H-pyrrole nitrogens is 1. The third-order valence-corrected chi connectivity index (χ3v) is 2.75. The Labute approximate surface area is 88.9 Å². The van der Waals surface area contributed by atoms with Crippen LogP contribution in [0.5, 0.6) is 5.75 Å². The number of fused-ring (bicyclic) bond motifs is 1. The lowest BCUT2D eigenvalue weighted by Gasteiger charge is -2.05. The number of rotatable bonds is 3. The van der Waals surface area contributed by atoms with Gasteiger partial charge in [0.25, 0.3) is 0 Å². The average Bonchev–Trinajstić information content (AvgIpc) is 2.60. The third kappa shape index (κ3) is 1.70. The third-order valence-electron chi connectivity index (χ3n) is 2.75. The quantitative estimate of drug-likeness (QED) is 0.716. The average molecular weight is 204 g/mol. The zero-order chi connectivity index (χ0) is 10.8. The minimum absolute atomic E-state index is 0.403. The van der Waals surface area contributed by atoms with E-state index in [4.69, 9.17) is 5.73 Å². The van der Waals surface area contributed by atoms with Crippen molar-refractivity contribution in [1.82, 2.24) is 4.98 Å². The van der Waals surface area contributed by atoms with Crippen molar-refractivity contribution in [2.75, 3.05) is 6.54 Å². The molecule has 0 radical (unpaired) electrons. The SMILES string of the molecule is Cc1c[nH]c2ccc(CCCN)c(O)c12. The van der Waals surface area contributed by atoms with Crippen LogP contribution in [0.3, 0.4) is 0 Å². The van der Waals surface area contributed by atoms with E-state index in [2.05, 4.69) is 4.98 Å². The van der Waals surface area contributed by atoms with Crippen LogP contribution in [0.1, 0.15) is 17.5 Å². The van der Waals surface area contributed by atoms with Gasteiger partial charge in [0.15, 0.2) is 0 Å². The van der Waals surface area contributed by atoms with Crippen molar-refractivity contribution in [2.45, 2.75) is 19.8 Å². The Morgan fingerprint density at radius 3 is 2.93 bits per heavy atom. The summed E-state index contributed by atoms with van der Waals surface area (Å²) in [6.45, 7) is 2.65. The molecule has 0 bridgehead atoms. The molecule has 4 N–H and O–H groups in total. The van der Waals surface area contributed by atoms with Crippen molar-refractivity contribution < 1.29 is 5.11 Å². The van der Waals surface area contributed by atoms with Gasteiger partial charge < -0.3 is 15.8 Å². The van der Waals surface area contributed by atoms with E-state index in [1.54, 1.807) is 0 Å². The molecule has 1 heterocycles. The summed E-state index contributed by atoms with van der Waals surface area (Å²) in [5.41, 5.74) is 8.51. The molecular weight excluding hydrogens is 188 g/mol. The van der Waals surface area contributed by atoms with Crippen LogP contribution in [0.25, 0.3) is 10.9 Å². The Morgan fingerprint density at radius 2 is 2.20 bits per heavy atom.